The second-order valence-corrected chi connectivity index (χ2v) is 10.0. The molecule has 0 fully saturated rings. The lowest BCUT2D eigenvalue weighted by Crippen LogP contribution is -2.48. The van der Waals surface area contributed by atoms with Gasteiger partial charge in [-0.3, -0.25) is 24.7 Å². The summed E-state index contributed by atoms with van der Waals surface area (Å²) in [6, 6.07) is 23.6. The zero-order valence-electron chi connectivity index (χ0n) is 25.2. The standard InChI is InChI=1S/C33H40N6O6/c1-2-45-28(41)19-21-36-33(44)39-32(34)35-20-9-14-27(30(42)37-22-23-15-17-26(40)18-16-23)38-31(43)29(24-10-5-3-6-11-24)25-12-7-4-8-13-25/h3-8,10-13,15-18,27,29,40H,2,9,14,19-22H2,1H3,(H,37,42)(H,38,43)(H4,34,35,36,39,44)/t27-/m1/s1. The number of esters is 1. The van der Waals surface area contributed by atoms with Gasteiger partial charge < -0.3 is 31.5 Å². The molecule has 0 aliphatic heterocycles. The summed E-state index contributed by atoms with van der Waals surface area (Å²) in [6.45, 7) is 2.41. The number of phenolic OH excluding ortho intramolecular Hbond substituents is 1. The third kappa shape index (κ3) is 12.0. The monoisotopic (exact) mass is 616 g/mol. The predicted octanol–water partition coefficient (Wildman–Crippen LogP) is 2.67. The van der Waals surface area contributed by atoms with Crippen LogP contribution in [0.3, 0.4) is 0 Å². The molecule has 0 aliphatic rings. The minimum atomic E-state index is -0.889. The molecule has 0 saturated heterocycles. The van der Waals surface area contributed by atoms with Gasteiger partial charge >= 0.3 is 12.0 Å². The zero-order chi connectivity index (χ0) is 32.4. The van der Waals surface area contributed by atoms with E-state index in [0.29, 0.717) is 6.42 Å². The Bertz CT molecular complexity index is 1380. The number of phenols is 1. The Labute approximate surface area is 262 Å². The van der Waals surface area contributed by atoms with E-state index < -0.39 is 24.0 Å². The lowest BCUT2D eigenvalue weighted by molar-refractivity contribution is -0.142. The molecular formula is C33H40N6O6. The molecule has 12 heteroatoms. The maximum Gasteiger partial charge on any atom is 0.321 e. The van der Waals surface area contributed by atoms with Gasteiger partial charge in [0.25, 0.3) is 0 Å². The Balaban J connectivity index is 1.64. The minimum absolute atomic E-state index is 0.0234. The summed E-state index contributed by atoms with van der Waals surface area (Å²) < 4.78 is 4.81. The van der Waals surface area contributed by atoms with Crippen LogP contribution in [0.4, 0.5) is 4.79 Å². The van der Waals surface area contributed by atoms with Crippen LogP contribution in [-0.4, -0.2) is 60.6 Å². The molecule has 7 N–H and O–H groups in total. The zero-order valence-corrected chi connectivity index (χ0v) is 25.2. The van der Waals surface area contributed by atoms with Gasteiger partial charge in [0, 0.05) is 19.6 Å². The van der Waals surface area contributed by atoms with Gasteiger partial charge in [0.05, 0.1) is 18.9 Å². The van der Waals surface area contributed by atoms with E-state index in [0.717, 1.165) is 16.7 Å². The number of carbonyl (C=O) groups excluding carboxylic acids is 4. The smallest absolute Gasteiger partial charge is 0.321 e. The molecule has 0 radical (unpaired) electrons. The fourth-order valence-electron chi connectivity index (χ4n) is 4.44. The second kappa shape index (κ2) is 18.3. The summed E-state index contributed by atoms with van der Waals surface area (Å²) in [5.74, 6) is -1.79. The fourth-order valence-corrected chi connectivity index (χ4v) is 4.44. The van der Waals surface area contributed by atoms with E-state index in [1.54, 1.807) is 19.1 Å². The third-order valence-electron chi connectivity index (χ3n) is 6.66. The number of guanidine groups is 1. The van der Waals surface area contributed by atoms with E-state index in [1.165, 1.54) is 12.1 Å². The molecule has 3 aromatic carbocycles. The Morgan fingerprint density at radius 1 is 0.867 bits per heavy atom. The number of ether oxygens (including phenoxy) is 1. The summed E-state index contributed by atoms with van der Waals surface area (Å²) in [5, 5.41) is 20.2. The van der Waals surface area contributed by atoms with E-state index in [2.05, 4.69) is 26.3 Å². The number of nitrogens with one attached hydrogen (secondary N) is 4. The second-order valence-electron chi connectivity index (χ2n) is 10.0. The number of hydrogen-bond donors (Lipinski definition) is 6. The number of nitrogens with two attached hydrogens (primary N) is 1. The number of benzene rings is 3. The van der Waals surface area contributed by atoms with Crippen molar-refractivity contribution in [1.82, 2.24) is 21.3 Å². The topological polar surface area (TPSA) is 184 Å². The fraction of sp³-hybridized carbons (Fsp3) is 0.303. The molecule has 0 unspecified atom stereocenters. The molecule has 238 valence electrons. The number of urea groups is 1. The Kier molecular flexibility index (Phi) is 13.9. The van der Waals surface area contributed by atoms with Gasteiger partial charge in [-0.1, -0.05) is 72.8 Å². The van der Waals surface area contributed by atoms with E-state index in [9.17, 15) is 24.3 Å². The van der Waals surface area contributed by atoms with Gasteiger partial charge in [-0.05, 0) is 48.6 Å². The quantitative estimate of drug-likeness (QED) is 0.0656. The van der Waals surface area contributed by atoms with E-state index in [1.807, 2.05) is 60.7 Å². The van der Waals surface area contributed by atoms with E-state index >= 15 is 0 Å². The highest BCUT2D eigenvalue weighted by Gasteiger charge is 2.27. The average Bonchev–Trinajstić information content (AvgIpc) is 3.03. The van der Waals surface area contributed by atoms with Crippen molar-refractivity contribution >= 4 is 29.8 Å². The van der Waals surface area contributed by atoms with Gasteiger partial charge in [0.15, 0.2) is 5.96 Å². The predicted molar refractivity (Wildman–Crippen MR) is 170 cm³/mol. The summed E-state index contributed by atoms with van der Waals surface area (Å²) >= 11 is 0. The number of hydrogen-bond acceptors (Lipinski definition) is 7. The number of nitrogens with zero attached hydrogens (tertiary/aromatic N) is 1. The first-order chi connectivity index (χ1) is 21.8. The van der Waals surface area contributed by atoms with Crippen LogP contribution >= 0.6 is 0 Å². The van der Waals surface area contributed by atoms with Crippen LogP contribution in [-0.2, 0) is 25.7 Å². The van der Waals surface area contributed by atoms with Crippen molar-refractivity contribution in [2.75, 3.05) is 19.7 Å². The lowest BCUT2D eigenvalue weighted by atomic mass is 9.90. The molecule has 3 rings (SSSR count). The van der Waals surface area contributed by atoms with Crippen molar-refractivity contribution in [2.45, 2.75) is 44.7 Å². The first kappa shape index (κ1) is 34.1. The van der Waals surface area contributed by atoms with Crippen molar-refractivity contribution in [3.05, 3.63) is 102 Å². The number of aliphatic imine (C=N–C) groups is 1. The van der Waals surface area contributed by atoms with Crippen LogP contribution < -0.4 is 27.0 Å². The van der Waals surface area contributed by atoms with Gasteiger partial charge in [0.1, 0.15) is 11.8 Å². The molecule has 1 atom stereocenters. The van der Waals surface area contributed by atoms with Crippen LogP contribution in [0.5, 0.6) is 5.75 Å². The summed E-state index contributed by atoms with van der Waals surface area (Å²) in [5.41, 5.74) is 8.17. The molecule has 45 heavy (non-hydrogen) atoms. The number of carbonyl (C=O) groups is 4. The van der Waals surface area contributed by atoms with Crippen molar-refractivity contribution in [3.63, 3.8) is 0 Å². The number of aromatic hydroxyl groups is 1. The van der Waals surface area contributed by atoms with Crippen molar-refractivity contribution in [1.29, 1.82) is 0 Å². The minimum Gasteiger partial charge on any atom is -0.508 e. The first-order valence-electron chi connectivity index (χ1n) is 14.7. The van der Waals surface area contributed by atoms with Crippen molar-refractivity contribution in [3.8, 4) is 5.75 Å². The Hall–Kier alpha value is -5.39. The Morgan fingerprint density at radius 2 is 1.49 bits per heavy atom. The molecular weight excluding hydrogens is 576 g/mol. The van der Waals surface area contributed by atoms with Crippen LogP contribution in [0.25, 0.3) is 0 Å². The van der Waals surface area contributed by atoms with Crippen molar-refractivity contribution < 1.29 is 29.0 Å². The van der Waals surface area contributed by atoms with Gasteiger partial charge in [-0.2, -0.15) is 0 Å². The maximum atomic E-state index is 13.7. The van der Waals surface area contributed by atoms with Crippen molar-refractivity contribution in [2.24, 2.45) is 10.7 Å². The van der Waals surface area contributed by atoms with E-state index in [-0.39, 0.29) is 62.6 Å². The molecule has 3 aromatic rings. The molecule has 0 aromatic heterocycles. The molecule has 0 heterocycles. The van der Waals surface area contributed by atoms with Gasteiger partial charge in [-0.15, -0.1) is 0 Å². The first-order valence-corrected chi connectivity index (χ1v) is 14.7. The summed E-state index contributed by atoms with van der Waals surface area (Å²) in [7, 11) is 0. The van der Waals surface area contributed by atoms with Gasteiger partial charge in [0.2, 0.25) is 11.8 Å². The molecule has 0 bridgehead atoms. The molecule has 4 amide bonds. The van der Waals surface area contributed by atoms with Crippen LogP contribution in [0.2, 0.25) is 0 Å². The number of rotatable bonds is 15. The Morgan fingerprint density at radius 3 is 2.09 bits per heavy atom. The highest BCUT2D eigenvalue weighted by molar-refractivity contribution is 5.95. The molecule has 0 saturated carbocycles. The molecule has 12 nitrogen and oxygen atoms in total. The summed E-state index contributed by atoms with van der Waals surface area (Å²) in [6.07, 6.45) is 0.632. The van der Waals surface area contributed by atoms with Crippen LogP contribution in [0.1, 0.15) is 48.8 Å². The molecule has 0 spiro atoms. The van der Waals surface area contributed by atoms with E-state index in [4.69, 9.17) is 10.5 Å². The maximum absolute atomic E-state index is 13.7. The summed E-state index contributed by atoms with van der Waals surface area (Å²) in [4.78, 5) is 54.6. The van der Waals surface area contributed by atoms with Gasteiger partial charge in [-0.25, -0.2) is 4.79 Å². The highest BCUT2D eigenvalue weighted by atomic mass is 16.5. The average molecular weight is 617 g/mol. The molecule has 0 aliphatic carbocycles. The third-order valence-corrected chi connectivity index (χ3v) is 6.66. The highest BCUT2D eigenvalue weighted by Crippen LogP contribution is 2.25. The van der Waals surface area contributed by atoms with Crippen LogP contribution in [0, 0.1) is 0 Å². The lowest BCUT2D eigenvalue weighted by Gasteiger charge is -2.23. The largest absolute Gasteiger partial charge is 0.508 e. The number of amides is 4. The van der Waals surface area contributed by atoms with Crippen LogP contribution in [0.15, 0.2) is 89.9 Å². The normalized spacial score (nSPS) is 11.7. The SMILES string of the molecule is CCOC(=O)CCNC(=O)NC(N)=NCCC[C@@H](NC(=O)C(c1ccccc1)c1ccccc1)C(=O)NCc1ccc(O)cc1.